The van der Waals surface area contributed by atoms with Crippen molar-refractivity contribution in [2.24, 2.45) is 5.92 Å². The van der Waals surface area contributed by atoms with Crippen LogP contribution in [-0.4, -0.2) is 23.4 Å². The van der Waals surface area contributed by atoms with E-state index in [0.29, 0.717) is 6.61 Å². The fourth-order valence-electron chi connectivity index (χ4n) is 1.38. The molecule has 0 aliphatic carbocycles. The fourth-order valence-corrected chi connectivity index (χ4v) is 1.38. The van der Waals surface area contributed by atoms with E-state index in [1.54, 1.807) is 0 Å². The minimum absolute atomic E-state index is 0.119. The smallest absolute Gasteiger partial charge is 0.0598 e. The lowest BCUT2D eigenvalue weighted by molar-refractivity contribution is -0.0498. The van der Waals surface area contributed by atoms with Crippen LogP contribution < -0.4 is 0 Å². The van der Waals surface area contributed by atoms with Crippen molar-refractivity contribution >= 4 is 0 Å². The van der Waals surface area contributed by atoms with E-state index < -0.39 is 0 Å². The summed E-state index contributed by atoms with van der Waals surface area (Å²) in [5.41, 5.74) is -0.119. The molecule has 0 aromatic heterocycles. The van der Waals surface area contributed by atoms with Crippen LogP contribution in [0.3, 0.4) is 0 Å². The molecule has 2 nitrogen and oxygen atoms in total. The van der Waals surface area contributed by atoms with Crippen molar-refractivity contribution in [2.45, 2.75) is 58.7 Å². The van der Waals surface area contributed by atoms with Crippen molar-refractivity contribution in [3.8, 4) is 0 Å². The summed E-state index contributed by atoms with van der Waals surface area (Å²) in [4.78, 5) is 0. The van der Waals surface area contributed by atoms with Gasteiger partial charge in [-0.15, -0.1) is 6.58 Å². The van der Waals surface area contributed by atoms with E-state index in [9.17, 15) is 5.11 Å². The third-order valence-corrected chi connectivity index (χ3v) is 2.47. The predicted octanol–water partition coefficient (Wildman–Crippen LogP) is 3.15. The highest BCUT2D eigenvalue weighted by molar-refractivity contribution is 4.74. The molecule has 0 aromatic carbocycles. The third kappa shape index (κ3) is 7.57. The third-order valence-electron chi connectivity index (χ3n) is 2.47. The van der Waals surface area contributed by atoms with Crippen LogP contribution in [0.2, 0.25) is 0 Å². The molecule has 0 aliphatic heterocycles. The maximum atomic E-state index is 9.91. The van der Waals surface area contributed by atoms with E-state index in [1.165, 1.54) is 0 Å². The molecule has 0 aromatic rings. The van der Waals surface area contributed by atoms with Gasteiger partial charge in [-0.05, 0) is 40.0 Å². The molecular weight excluding hydrogens is 188 g/mol. The van der Waals surface area contributed by atoms with E-state index in [0.717, 1.165) is 19.3 Å². The summed E-state index contributed by atoms with van der Waals surface area (Å²) in [6.07, 6.45) is 4.19. The Bertz CT molecular complexity index is 170. The second kappa shape index (κ2) is 7.02. The van der Waals surface area contributed by atoms with Crippen molar-refractivity contribution in [1.82, 2.24) is 0 Å². The lowest BCUT2D eigenvalue weighted by atomic mass is 9.96. The zero-order valence-corrected chi connectivity index (χ0v) is 10.6. The van der Waals surface area contributed by atoms with Gasteiger partial charge in [0, 0.05) is 5.92 Å². The van der Waals surface area contributed by atoms with Crippen molar-refractivity contribution in [3.63, 3.8) is 0 Å². The molecule has 0 saturated carbocycles. The SMILES string of the molecule is C=CCCC(O)C(CC)COC(C)(C)C. The van der Waals surface area contributed by atoms with Gasteiger partial charge in [0.05, 0.1) is 18.3 Å². The molecule has 90 valence electrons. The van der Waals surface area contributed by atoms with Crippen molar-refractivity contribution in [2.75, 3.05) is 6.61 Å². The van der Waals surface area contributed by atoms with Gasteiger partial charge in [0.1, 0.15) is 0 Å². The first kappa shape index (κ1) is 14.7. The van der Waals surface area contributed by atoms with E-state index in [-0.39, 0.29) is 17.6 Å². The number of aliphatic hydroxyl groups excluding tert-OH is 1. The van der Waals surface area contributed by atoms with Crippen molar-refractivity contribution in [3.05, 3.63) is 12.7 Å². The lowest BCUT2D eigenvalue weighted by Gasteiger charge is -2.26. The first-order valence-corrected chi connectivity index (χ1v) is 5.83. The van der Waals surface area contributed by atoms with Crippen LogP contribution in [0.1, 0.15) is 47.0 Å². The highest BCUT2D eigenvalue weighted by atomic mass is 16.5. The van der Waals surface area contributed by atoms with Crippen LogP contribution >= 0.6 is 0 Å². The van der Waals surface area contributed by atoms with Gasteiger partial charge < -0.3 is 9.84 Å². The van der Waals surface area contributed by atoms with Crippen LogP contribution in [0.15, 0.2) is 12.7 Å². The second-order valence-electron chi connectivity index (χ2n) is 5.03. The summed E-state index contributed by atoms with van der Waals surface area (Å²) < 4.78 is 5.70. The van der Waals surface area contributed by atoms with Crippen LogP contribution in [0.25, 0.3) is 0 Å². The summed E-state index contributed by atoms with van der Waals surface area (Å²) in [5, 5.41) is 9.91. The Labute approximate surface area is 94.3 Å². The number of rotatable bonds is 7. The number of hydrogen-bond acceptors (Lipinski definition) is 2. The minimum Gasteiger partial charge on any atom is -0.393 e. The molecule has 15 heavy (non-hydrogen) atoms. The fraction of sp³-hybridized carbons (Fsp3) is 0.846. The van der Waals surface area contributed by atoms with Crippen LogP contribution in [0, 0.1) is 5.92 Å². The topological polar surface area (TPSA) is 29.5 Å². The Balaban J connectivity index is 3.95. The number of allylic oxidation sites excluding steroid dienone is 1. The van der Waals surface area contributed by atoms with Gasteiger partial charge in [0.15, 0.2) is 0 Å². The highest BCUT2D eigenvalue weighted by Gasteiger charge is 2.20. The van der Waals surface area contributed by atoms with Gasteiger partial charge in [0.2, 0.25) is 0 Å². The summed E-state index contributed by atoms with van der Waals surface area (Å²) >= 11 is 0. The molecule has 2 atom stereocenters. The zero-order chi connectivity index (χ0) is 11.9. The lowest BCUT2D eigenvalue weighted by Crippen LogP contribution is -2.29. The van der Waals surface area contributed by atoms with Gasteiger partial charge in [-0.2, -0.15) is 0 Å². The summed E-state index contributed by atoms with van der Waals surface area (Å²) in [7, 11) is 0. The number of ether oxygens (including phenoxy) is 1. The Kier molecular flexibility index (Phi) is 6.86. The maximum absolute atomic E-state index is 9.91. The molecule has 2 unspecified atom stereocenters. The highest BCUT2D eigenvalue weighted by Crippen LogP contribution is 2.17. The van der Waals surface area contributed by atoms with Crippen molar-refractivity contribution in [1.29, 1.82) is 0 Å². The average molecular weight is 214 g/mol. The van der Waals surface area contributed by atoms with Gasteiger partial charge in [0.25, 0.3) is 0 Å². The van der Waals surface area contributed by atoms with Crippen LogP contribution in [0.5, 0.6) is 0 Å². The Morgan fingerprint density at radius 3 is 2.40 bits per heavy atom. The maximum Gasteiger partial charge on any atom is 0.0598 e. The van der Waals surface area contributed by atoms with Gasteiger partial charge in [-0.3, -0.25) is 0 Å². The minimum atomic E-state index is -0.268. The first-order chi connectivity index (χ1) is 6.90. The first-order valence-electron chi connectivity index (χ1n) is 5.83. The molecule has 0 aliphatic rings. The molecule has 0 spiro atoms. The molecule has 0 bridgehead atoms. The molecule has 0 amide bonds. The van der Waals surface area contributed by atoms with E-state index in [2.05, 4.69) is 13.5 Å². The molecule has 0 fully saturated rings. The second-order valence-corrected chi connectivity index (χ2v) is 5.03. The van der Waals surface area contributed by atoms with Gasteiger partial charge >= 0.3 is 0 Å². The van der Waals surface area contributed by atoms with Crippen LogP contribution in [-0.2, 0) is 4.74 Å². The average Bonchev–Trinajstić information content (AvgIpc) is 2.13. The molecule has 0 rings (SSSR count). The zero-order valence-electron chi connectivity index (χ0n) is 10.6. The molecule has 1 N–H and O–H groups in total. The molecule has 0 saturated heterocycles. The van der Waals surface area contributed by atoms with E-state index in [4.69, 9.17) is 4.74 Å². The number of aliphatic hydroxyl groups is 1. The van der Waals surface area contributed by atoms with Gasteiger partial charge in [-0.1, -0.05) is 13.0 Å². The molecular formula is C13H26O2. The summed E-state index contributed by atoms with van der Waals surface area (Å²) in [6, 6.07) is 0. The Hall–Kier alpha value is -0.340. The van der Waals surface area contributed by atoms with Gasteiger partial charge in [-0.25, -0.2) is 0 Å². The largest absolute Gasteiger partial charge is 0.393 e. The normalized spacial score (nSPS) is 16.1. The Morgan fingerprint density at radius 2 is 2.00 bits per heavy atom. The molecule has 0 heterocycles. The monoisotopic (exact) mass is 214 g/mol. The predicted molar refractivity (Wildman–Crippen MR) is 64.9 cm³/mol. The molecule has 0 radical (unpaired) electrons. The quantitative estimate of drug-likeness (QED) is 0.660. The van der Waals surface area contributed by atoms with Crippen molar-refractivity contribution < 1.29 is 9.84 Å². The molecule has 2 heteroatoms. The summed E-state index contributed by atoms with van der Waals surface area (Å²) in [5.74, 6) is 0.240. The van der Waals surface area contributed by atoms with E-state index in [1.807, 2.05) is 26.8 Å². The summed E-state index contributed by atoms with van der Waals surface area (Å²) in [6.45, 7) is 12.5. The number of hydrogen-bond donors (Lipinski definition) is 1. The van der Waals surface area contributed by atoms with Crippen LogP contribution in [0.4, 0.5) is 0 Å². The Morgan fingerprint density at radius 1 is 1.40 bits per heavy atom. The standard InChI is InChI=1S/C13H26O2/c1-6-8-9-12(14)11(7-2)10-15-13(3,4)5/h6,11-12,14H,1,7-10H2,2-5H3. The van der Waals surface area contributed by atoms with E-state index >= 15 is 0 Å².